The number of aryl methyl sites for hydroxylation is 3. The highest BCUT2D eigenvalue weighted by atomic mass is 35.5. The maximum atomic E-state index is 11.8. The zero-order valence-electron chi connectivity index (χ0n) is 16.1. The highest BCUT2D eigenvalue weighted by Crippen LogP contribution is 2.27. The fraction of sp³-hybridized carbons (Fsp3) is 0.190. The van der Waals surface area contributed by atoms with Gasteiger partial charge in [-0.1, -0.05) is 23.7 Å². The van der Waals surface area contributed by atoms with Crippen molar-refractivity contribution in [1.29, 1.82) is 0 Å². The van der Waals surface area contributed by atoms with E-state index < -0.39 is 5.97 Å². The molecule has 0 aliphatic carbocycles. The van der Waals surface area contributed by atoms with Crippen LogP contribution in [-0.2, 0) is 4.74 Å². The van der Waals surface area contributed by atoms with Crippen molar-refractivity contribution in [1.82, 2.24) is 9.97 Å². The molecule has 3 aromatic rings. The van der Waals surface area contributed by atoms with Gasteiger partial charge in [-0.15, -0.1) is 0 Å². The largest absolute Gasteiger partial charge is 0.465 e. The summed E-state index contributed by atoms with van der Waals surface area (Å²) in [6.45, 7) is 5.94. The number of nitrogens with one attached hydrogen (secondary N) is 2. The molecule has 3 rings (SSSR count). The molecular formula is C21H21ClN4O2. The van der Waals surface area contributed by atoms with Crippen LogP contribution >= 0.6 is 11.6 Å². The standard InChI is InChI=1S/C21H21ClN4O2/c1-12-5-6-13(2)17(9-12)25-21-23-14(3)10-19(26-21)24-18-11-15(20(27)28-4)7-8-16(18)22/h5-11H,1-4H3,(H2,23,24,25,26). The van der Waals surface area contributed by atoms with Crippen LogP contribution < -0.4 is 10.6 Å². The second-order valence-corrected chi connectivity index (χ2v) is 6.88. The summed E-state index contributed by atoms with van der Waals surface area (Å²) in [5.41, 5.74) is 4.92. The van der Waals surface area contributed by atoms with E-state index in [9.17, 15) is 4.79 Å². The number of esters is 1. The highest BCUT2D eigenvalue weighted by molar-refractivity contribution is 6.33. The first-order valence-corrected chi connectivity index (χ1v) is 9.08. The third-order valence-electron chi connectivity index (χ3n) is 4.14. The average Bonchev–Trinajstić information content (AvgIpc) is 2.65. The van der Waals surface area contributed by atoms with Gasteiger partial charge in [-0.25, -0.2) is 9.78 Å². The number of carbonyl (C=O) groups excluding carboxylic acids is 1. The van der Waals surface area contributed by atoms with Crippen LogP contribution in [0.3, 0.4) is 0 Å². The van der Waals surface area contributed by atoms with Crippen molar-refractivity contribution in [2.45, 2.75) is 20.8 Å². The molecular weight excluding hydrogens is 376 g/mol. The Labute approximate surface area is 168 Å². The molecule has 0 bridgehead atoms. The molecule has 28 heavy (non-hydrogen) atoms. The van der Waals surface area contributed by atoms with Gasteiger partial charge >= 0.3 is 5.97 Å². The van der Waals surface area contributed by atoms with Crippen molar-refractivity contribution < 1.29 is 9.53 Å². The Morgan fingerprint density at radius 1 is 0.964 bits per heavy atom. The number of methoxy groups -OCH3 is 1. The minimum absolute atomic E-state index is 0.397. The van der Waals surface area contributed by atoms with Crippen molar-refractivity contribution in [3.63, 3.8) is 0 Å². The lowest BCUT2D eigenvalue weighted by Crippen LogP contribution is -2.05. The normalized spacial score (nSPS) is 10.5. The molecule has 0 fully saturated rings. The Morgan fingerprint density at radius 3 is 2.50 bits per heavy atom. The fourth-order valence-electron chi connectivity index (χ4n) is 2.68. The molecule has 0 saturated heterocycles. The van der Waals surface area contributed by atoms with Crippen molar-refractivity contribution >= 4 is 40.7 Å². The molecule has 0 amide bonds. The summed E-state index contributed by atoms with van der Waals surface area (Å²) in [4.78, 5) is 20.7. The minimum atomic E-state index is -0.434. The number of carbonyl (C=O) groups is 1. The maximum Gasteiger partial charge on any atom is 0.337 e. The lowest BCUT2D eigenvalue weighted by molar-refractivity contribution is 0.0601. The summed E-state index contributed by atoms with van der Waals surface area (Å²) in [6, 6.07) is 12.8. The molecule has 0 atom stereocenters. The van der Waals surface area contributed by atoms with E-state index in [2.05, 4.69) is 26.7 Å². The third-order valence-corrected chi connectivity index (χ3v) is 4.47. The summed E-state index contributed by atoms with van der Waals surface area (Å²) in [5.74, 6) is 0.594. The van der Waals surface area contributed by atoms with E-state index in [4.69, 9.17) is 16.3 Å². The van der Waals surface area contributed by atoms with Gasteiger partial charge < -0.3 is 15.4 Å². The van der Waals surface area contributed by atoms with Crippen LogP contribution in [0.2, 0.25) is 5.02 Å². The first-order chi connectivity index (χ1) is 13.4. The van der Waals surface area contributed by atoms with Crippen LogP contribution in [0.15, 0.2) is 42.5 Å². The molecule has 0 aliphatic heterocycles. The van der Waals surface area contributed by atoms with Gasteiger partial charge in [0.15, 0.2) is 0 Å². The summed E-state index contributed by atoms with van der Waals surface area (Å²) in [7, 11) is 1.34. The van der Waals surface area contributed by atoms with E-state index in [-0.39, 0.29) is 0 Å². The molecule has 0 radical (unpaired) electrons. The molecule has 2 N–H and O–H groups in total. The molecule has 0 unspecified atom stereocenters. The van der Waals surface area contributed by atoms with E-state index in [0.717, 1.165) is 22.5 Å². The Bertz CT molecular complexity index is 1040. The monoisotopic (exact) mass is 396 g/mol. The number of halogens is 1. The van der Waals surface area contributed by atoms with Gasteiger partial charge in [-0.3, -0.25) is 0 Å². The zero-order chi connectivity index (χ0) is 20.3. The number of nitrogens with zero attached hydrogens (tertiary/aromatic N) is 2. The third kappa shape index (κ3) is 4.58. The summed E-state index contributed by atoms with van der Waals surface area (Å²) < 4.78 is 4.76. The predicted molar refractivity (Wildman–Crippen MR) is 112 cm³/mol. The van der Waals surface area contributed by atoms with Crippen LogP contribution in [0, 0.1) is 20.8 Å². The molecule has 1 heterocycles. The van der Waals surface area contributed by atoms with Gasteiger partial charge in [0.2, 0.25) is 5.95 Å². The zero-order valence-corrected chi connectivity index (χ0v) is 16.9. The van der Waals surface area contributed by atoms with Crippen LogP contribution in [0.5, 0.6) is 0 Å². The molecule has 0 aliphatic rings. The molecule has 144 valence electrons. The Kier molecular flexibility index (Phi) is 5.80. The Balaban J connectivity index is 1.90. The van der Waals surface area contributed by atoms with Crippen molar-refractivity contribution in [3.8, 4) is 0 Å². The lowest BCUT2D eigenvalue weighted by Gasteiger charge is -2.13. The van der Waals surface area contributed by atoms with Gasteiger partial charge in [0.25, 0.3) is 0 Å². The second kappa shape index (κ2) is 8.27. The number of benzene rings is 2. The van der Waals surface area contributed by atoms with E-state index in [1.807, 2.05) is 32.9 Å². The van der Waals surface area contributed by atoms with Gasteiger partial charge in [-0.2, -0.15) is 4.98 Å². The number of anilines is 4. The van der Waals surface area contributed by atoms with Crippen LogP contribution in [-0.4, -0.2) is 23.0 Å². The van der Waals surface area contributed by atoms with Crippen molar-refractivity contribution in [2.75, 3.05) is 17.7 Å². The molecule has 0 spiro atoms. The van der Waals surface area contributed by atoms with Gasteiger partial charge in [0, 0.05) is 17.4 Å². The van der Waals surface area contributed by atoms with Crippen LogP contribution in [0.4, 0.5) is 23.1 Å². The molecule has 1 aromatic heterocycles. The first kappa shape index (κ1) is 19.6. The summed E-state index contributed by atoms with van der Waals surface area (Å²) >= 11 is 6.27. The van der Waals surface area contributed by atoms with Gasteiger partial charge in [0.05, 0.1) is 23.4 Å². The number of hydrogen-bond donors (Lipinski definition) is 2. The smallest absolute Gasteiger partial charge is 0.337 e. The number of aromatic nitrogens is 2. The fourth-order valence-corrected chi connectivity index (χ4v) is 2.85. The van der Waals surface area contributed by atoms with Crippen molar-refractivity contribution in [2.24, 2.45) is 0 Å². The van der Waals surface area contributed by atoms with Crippen molar-refractivity contribution in [3.05, 3.63) is 69.9 Å². The topological polar surface area (TPSA) is 76.1 Å². The quantitative estimate of drug-likeness (QED) is 0.568. The Morgan fingerprint density at radius 2 is 1.75 bits per heavy atom. The molecule has 0 saturated carbocycles. The maximum absolute atomic E-state index is 11.8. The molecule has 2 aromatic carbocycles. The van der Waals surface area contributed by atoms with Crippen LogP contribution in [0.1, 0.15) is 27.2 Å². The van der Waals surface area contributed by atoms with E-state index in [1.165, 1.54) is 7.11 Å². The molecule has 7 heteroatoms. The summed E-state index contributed by atoms with van der Waals surface area (Å²) in [6.07, 6.45) is 0. The predicted octanol–water partition coefficient (Wildman–Crippen LogP) is 5.33. The second-order valence-electron chi connectivity index (χ2n) is 6.47. The Hall–Kier alpha value is -3.12. The van der Waals surface area contributed by atoms with Gasteiger partial charge in [-0.05, 0) is 56.2 Å². The number of hydrogen-bond acceptors (Lipinski definition) is 6. The van der Waals surface area contributed by atoms with E-state index in [1.54, 1.807) is 24.3 Å². The van der Waals surface area contributed by atoms with Crippen LogP contribution in [0.25, 0.3) is 0 Å². The van der Waals surface area contributed by atoms with Gasteiger partial charge in [0.1, 0.15) is 5.82 Å². The summed E-state index contributed by atoms with van der Waals surface area (Å²) in [5, 5.41) is 6.88. The van der Waals surface area contributed by atoms with E-state index >= 15 is 0 Å². The lowest BCUT2D eigenvalue weighted by atomic mass is 10.1. The minimum Gasteiger partial charge on any atom is -0.465 e. The molecule has 6 nitrogen and oxygen atoms in total. The van der Waals surface area contributed by atoms with E-state index in [0.29, 0.717) is 28.0 Å². The first-order valence-electron chi connectivity index (χ1n) is 8.70. The SMILES string of the molecule is COC(=O)c1ccc(Cl)c(Nc2cc(C)nc(Nc3cc(C)ccc3C)n2)c1. The highest BCUT2D eigenvalue weighted by Gasteiger charge is 2.11. The number of rotatable bonds is 5. The average molecular weight is 397 g/mol. The number of ether oxygens (including phenoxy) is 1.